The van der Waals surface area contributed by atoms with Crippen LogP contribution in [0.15, 0.2) is 18.1 Å². The number of hydrogen-bond donors (Lipinski definition) is 4. The fourth-order valence-electron chi connectivity index (χ4n) is 1.97. The van der Waals surface area contributed by atoms with Crippen LogP contribution in [0.5, 0.6) is 0 Å². The molecule has 1 aromatic rings. The number of quaternary nitrogens is 1. The molecule has 1 atom stereocenters. The number of nitrogens with one attached hydrogen (secondary N) is 1. The van der Waals surface area contributed by atoms with E-state index in [-0.39, 0.29) is 23.0 Å². The number of nitrogens with zero attached hydrogens (tertiary/aromatic N) is 1. The first kappa shape index (κ1) is 22.4. The van der Waals surface area contributed by atoms with E-state index in [1.807, 2.05) is 33.9 Å². The molecule has 0 aliphatic carbocycles. The summed E-state index contributed by atoms with van der Waals surface area (Å²) in [7, 11) is -2.18. The maximum atomic E-state index is 13.6. The van der Waals surface area contributed by atoms with Crippen molar-refractivity contribution in [3.63, 3.8) is 0 Å². The topological polar surface area (TPSA) is 97.6 Å². The summed E-state index contributed by atoms with van der Waals surface area (Å²) in [6.07, 6.45) is -2.02. The van der Waals surface area contributed by atoms with Crippen molar-refractivity contribution in [1.82, 2.24) is 5.10 Å². The molecule has 0 spiro atoms. The van der Waals surface area contributed by atoms with Crippen molar-refractivity contribution < 1.29 is 32.0 Å². The zero-order valence-electron chi connectivity index (χ0n) is 15.7. The van der Waals surface area contributed by atoms with Crippen LogP contribution in [0.2, 0.25) is 18.1 Å². The minimum atomic E-state index is -4.37. The summed E-state index contributed by atoms with van der Waals surface area (Å²) >= 11 is 0. The second-order valence-electron chi connectivity index (χ2n) is 7.69. The quantitative estimate of drug-likeness (QED) is 0.318. The van der Waals surface area contributed by atoms with Crippen molar-refractivity contribution in [1.29, 1.82) is 0 Å². The van der Waals surface area contributed by atoms with Gasteiger partial charge >= 0.3 is 6.18 Å². The summed E-state index contributed by atoms with van der Waals surface area (Å²) in [5.74, 6) is -0.769. The molecule has 11 heteroatoms. The molecular formula is C15H29F4N5OSi+2. The van der Waals surface area contributed by atoms with Gasteiger partial charge in [0.15, 0.2) is 26.2 Å². The number of aromatic amines is 1. The molecule has 150 valence electrons. The molecule has 0 radical (unpaired) electrons. The van der Waals surface area contributed by atoms with E-state index in [0.717, 1.165) is 11.5 Å². The van der Waals surface area contributed by atoms with Crippen LogP contribution in [0.1, 0.15) is 26.8 Å². The Balaban J connectivity index is 3.10. The van der Waals surface area contributed by atoms with E-state index < -0.39 is 33.0 Å². The minimum Gasteiger partial charge on any atom is -0.409 e. The molecule has 0 saturated heterocycles. The molecule has 7 N–H and O–H groups in total. The van der Waals surface area contributed by atoms with Gasteiger partial charge < -0.3 is 21.2 Å². The van der Waals surface area contributed by atoms with Crippen molar-refractivity contribution >= 4 is 14.0 Å². The molecule has 1 heterocycles. The minimum absolute atomic E-state index is 0.0396. The summed E-state index contributed by atoms with van der Waals surface area (Å²) in [6, 6.07) is -0.761. The molecule has 1 rings (SSSR count). The summed E-state index contributed by atoms with van der Waals surface area (Å²) in [6.45, 7) is 9.06. The number of aromatic nitrogens is 2. The van der Waals surface area contributed by atoms with E-state index in [4.69, 9.17) is 15.9 Å². The van der Waals surface area contributed by atoms with E-state index in [1.54, 1.807) is 0 Å². The van der Waals surface area contributed by atoms with Crippen LogP contribution in [-0.2, 0) is 4.43 Å². The third-order valence-electron chi connectivity index (χ3n) is 4.65. The monoisotopic (exact) mass is 399 g/mol. The second-order valence-corrected chi connectivity index (χ2v) is 12.5. The van der Waals surface area contributed by atoms with Crippen LogP contribution < -0.4 is 21.5 Å². The highest BCUT2D eigenvalue weighted by Gasteiger charge is 2.41. The number of nitrogen functional groups attached to an aromatic ring is 1. The molecule has 26 heavy (non-hydrogen) atoms. The maximum absolute atomic E-state index is 13.6. The zero-order chi connectivity index (χ0) is 20.3. The lowest BCUT2D eigenvalue weighted by Gasteiger charge is -2.36. The Morgan fingerprint density at radius 3 is 2.35 bits per heavy atom. The maximum Gasteiger partial charge on any atom is 0.438 e. The summed E-state index contributed by atoms with van der Waals surface area (Å²) in [5, 5.41) is 3.28. The Morgan fingerprint density at radius 2 is 1.96 bits per heavy atom. The summed E-state index contributed by atoms with van der Waals surface area (Å²) < 4.78 is 58.8. The predicted molar refractivity (Wildman–Crippen MR) is 92.7 cm³/mol. The first-order valence-corrected chi connectivity index (χ1v) is 11.1. The third-order valence-corrected chi connectivity index (χ3v) is 9.15. The molecule has 0 aliphatic heterocycles. The molecule has 0 aliphatic rings. The smallest absolute Gasteiger partial charge is 0.409 e. The average Bonchev–Trinajstić information content (AvgIpc) is 2.79. The number of nitrogens with two attached hydrogens (primary N) is 3. The van der Waals surface area contributed by atoms with E-state index >= 15 is 0 Å². The lowest BCUT2D eigenvalue weighted by Crippen LogP contribution is -2.87. The van der Waals surface area contributed by atoms with Crippen molar-refractivity contribution in [2.24, 2.45) is 5.73 Å². The molecule has 1 unspecified atom stereocenters. The molecule has 0 bridgehead atoms. The van der Waals surface area contributed by atoms with Crippen molar-refractivity contribution in [2.75, 3.05) is 18.9 Å². The third kappa shape index (κ3) is 5.99. The lowest BCUT2D eigenvalue weighted by atomic mass is 10.2. The highest BCUT2D eigenvalue weighted by atomic mass is 28.4. The van der Waals surface area contributed by atoms with E-state index in [9.17, 15) is 17.6 Å². The van der Waals surface area contributed by atoms with Crippen LogP contribution in [0.3, 0.4) is 0 Å². The first-order chi connectivity index (χ1) is 11.7. The van der Waals surface area contributed by atoms with Gasteiger partial charge in [0.25, 0.3) is 12.0 Å². The standard InChI is InChI=1S/C15H27F4N5OSi/c1-14(2,3)26(4,5)25-8-12(24-7-10(21)13(16)23-24)11(6-20)22-9-15(17,18)19/h6-7,12,22H,8-9,20-21H2,1-5H3/p+2/b11-6-. The second kappa shape index (κ2) is 7.97. The average molecular weight is 400 g/mol. The fourth-order valence-corrected chi connectivity index (χ4v) is 2.98. The predicted octanol–water partition coefficient (Wildman–Crippen LogP) is 1.51. The highest BCUT2D eigenvalue weighted by Crippen LogP contribution is 2.36. The van der Waals surface area contributed by atoms with Crippen LogP contribution in [0.4, 0.5) is 23.2 Å². The van der Waals surface area contributed by atoms with Gasteiger partial charge in [-0.1, -0.05) is 25.5 Å². The molecular weight excluding hydrogens is 370 g/mol. The Kier molecular flexibility index (Phi) is 6.88. The summed E-state index contributed by atoms with van der Waals surface area (Å²) in [5.41, 5.74) is 11.1. The number of H-pyrrole nitrogens is 1. The number of halogens is 4. The number of anilines is 1. The van der Waals surface area contributed by atoms with Gasteiger partial charge in [0.05, 0.1) is 6.20 Å². The van der Waals surface area contributed by atoms with Crippen molar-refractivity contribution in [3.05, 3.63) is 24.0 Å². The molecule has 0 saturated carbocycles. The van der Waals surface area contributed by atoms with Gasteiger partial charge in [-0.05, 0) is 18.1 Å². The first-order valence-electron chi connectivity index (χ1n) is 8.19. The highest BCUT2D eigenvalue weighted by molar-refractivity contribution is 6.74. The van der Waals surface area contributed by atoms with Gasteiger partial charge in [0.1, 0.15) is 6.61 Å². The van der Waals surface area contributed by atoms with Crippen molar-refractivity contribution in [2.45, 2.75) is 51.1 Å². The van der Waals surface area contributed by atoms with E-state index in [2.05, 4.69) is 5.10 Å². The SMILES string of the molecule is CC(C)(C)[Si](C)(C)OCC(/C(=C/N)[NH2+]CC(F)(F)F)[n+]1cc(N)c(F)[nH]1. The molecule has 6 nitrogen and oxygen atoms in total. The van der Waals surface area contributed by atoms with Crippen LogP contribution in [-0.4, -0.2) is 32.7 Å². The Morgan fingerprint density at radius 1 is 1.38 bits per heavy atom. The van der Waals surface area contributed by atoms with Gasteiger partial charge in [-0.25, -0.2) is 0 Å². The molecule has 0 aromatic carbocycles. The summed E-state index contributed by atoms with van der Waals surface area (Å²) in [4.78, 5) is 0. The molecule has 0 fully saturated rings. The fraction of sp³-hybridized carbons (Fsp3) is 0.667. The van der Waals surface area contributed by atoms with Gasteiger partial charge in [0, 0.05) is 0 Å². The van der Waals surface area contributed by atoms with Crippen LogP contribution in [0, 0.1) is 5.95 Å². The molecule has 1 aromatic heterocycles. The Labute approximate surface area is 151 Å². The number of alkyl halides is 3. The van der Waals surface area contributed by atoms with Gasteiger partial charge in [-0.15, -0.1) is 5.10 Å². The van der Waals surface area contributed by atoms with E-state index in [0.29, 0.717) is 0 Å². The largest absolute Gasteiger partial charge is 0.438 e. The van der Waals surface area contributed by atoms with Crippen LogP contribution in [0.25, 0.3) is 0 Å². The van der Waals surface area contributed by atoms with Crippen LogP contribution >= 0.6 is 0 Å². The van der Waals surface area contributed by atoms with Gasteiger partial charge in [-0.3, -0.25) is 0 Å². The van der Waals surface area contributed by atoms with Gasteiger partial charge in [0.2, 0.25) is 6.20 Å². The zero-order valence-corrected chi connectivity index (χ0v) is 16.7. The normalized spacial score (nSPS) is 15.3. The van der Waals surface area contributed by atoms with Gasteiger partial charge in [-0.2, -0.15) is 17.6 Å². The number of rotatable bonds is 7. The molecule has 0 amide bonds. The van der Waals surface area contributed by atoms with Crippen molar-refractivity contribution in [3.8, 4) is 0 Å². The Hall–Kier alpha value is -1.59. The van der Waals surface area contributed by atoms with E-state index in [1.165, 1.54) is 10.9 Å². The number of hydrogen-bond acceptors (Lipinski definition) is 3. The lowest BCUT2D eigenvalue weighted by molar-refractivity contribution is -0.793. The Bertz CT molecular complexity index is 617.